The summed E-state index contributed by atoms with van der Waals surface area (Å²) in [6.45, 7) is 2.04. The highest BCUT2D eigenvalue weighted by molar-refractivity contribution is 6.06. The Hall–Kier alpha value is -3.30. The molecular formula is C23H26N4O2. The van der Waals surface area contributed by atoms with Crippen molar-refractivity contribution in [3.8, 4) is 17.6 Å². The van der Waals surface area contributed by atoms with E-state index in [0.717, 1.165) is 31.7 Å². The first-order chi connectivity index (χ1) is 14.0. The number of hydrogen-bond acceptors (Lipinski definition) is 5. The molecule has 1 heterocycles. The normalized spacial score (nSPS) is 15.4. The topological polar surface area (TPSA) is 68.6 Å². The number of para-hydroxylation sites is 1. The Morgan fingerprint density at radius 1 is 1.14 bits per heavy atom. The minimum Gasteiger partial charge on any atom is -0.457 e. The van der Waals surface area contributed by atoms with Gasteiger partial charge in [0.25, 0.3) is 5.91 Å². The van der Waals surface area contributed by atoms with Gasteiger partial charge in [0, 0.05) is 25.0 Å². The predicted octanol–water partition coefficient (Wildman–Crippen LogP) is 3.85. The van der Waals surface area contributed by atoms with Crippen molar-refractivity contribution < 1.29 is 9.53 Å². The van der Waals surface area contributed by atoms with E-state index in [1.54, 1.807) is 30.5 Å². The van der Waals surface area contributed by atoms with Crippen molar-refractivity contribution in [1.82, 2.24) is 9.80 Å². The first kappa shape index (κ1) is 20.4. The molecule has 0 radical (unpaired) electrons. The number of rotatable bonds is 6. The molecule has 1 saturated heterocycles. The van der Waals surface area contributed by atoms with Crippen LogP contribution >= 0.6 is 0 Å². The molecule has 1 amide bonds. The van der Waals surface area contributed by atoms with Crippen molar-refractivity contribution in [2.24, 2.45) is 0 Å². The zero-order valence-corrected chi connectivity index (χ0v) is 16.8. The number of benzene rings is 2. The summed E-state index contributed by atoms with van der Waals surface area (Å²) in [5.41, 5.74) is 0.703. The summed E-state index contributed by atoms with van der Waals surface area (Å²) in [4.78, 5) is 16.8. The van der Waals surface area contributed by atoms with Crippen LogP contribution in [-0.4, -0.2) is 48.9 Å². The number of carbonyl (C=O) groups excluding carboxylic acids is 1. The van der Waals surface area contributed by atoms with Crippen LogP contribution in [0.25, 0.3) is 0 Å². The van der Waals surface area contributed by atoms with Gasteiger partial charge in [0.2, 0.25) is 0 Å². The van der Waals surface area contributed by atoms with Crippen LogP contribution in [0.2, 0.25) is 0 Å². The average molecular weight is 390 g/mol. The van der Waals surface area contributed by atoms with E-state index in [2.05, 4.69) is 17.3 Å². The Kier molecular flexibility index (Phi) is 6.88. The average Bonchev–Trinajstić information content (AvgIpc) is 2.74. The number of nitriles is 1. The van der Waals surface area contributed by atoms with Crippen LogP contribution in [0.1, 0.15) is 12.8 Å². The minimum absolute atomic E-state index is 0.0936. The monoisotopic (exact) mass is 390 g/mol. The second-order valence-corrected chi connectivity index (χ2v) is 7.25. The quantitative estimate of drug-likeness (QED) is 0.599. The van der Waals surface area contributed by atoms with Crippen LogP contribution in [0.5, 0.6) is 11.5 Å². The van der Waals surface area contributed by atoms with Gasteiger partial charge in [-0.1, -0.05) is 18.2 Å². The number of hydrogen-bond donors (Lipinski definition) is 1. The molecular weight excluding hydrogens is 364 g/mol. The highest BCUT2D eigenvalue weighted by Crippen LogP contribution is 2.23. The van der Waals surface area contributed by atoms with E-state index in [1.807, 2.05) is 48.3 Å². The molecule has 3 rings (SSSR count). The number of likely N-dealkylation sites (tertiary alicyclic amines) is 1. The molecule has 29 heavy (non-hydrogen) atoms. The Morgan fingerprint density at radius 2 is 1.76 bits per heavy atom. The lowest BCUT2D eigenvalue weighted by Gasteiger charge is -2.34. The van der Waals surface area contributed by atoms with Crippen LogP contribution in [-0.2, 0) is 4.79 Å². The number of anilines is 1. The van der Waals surface area contributed by atoms with Crippen molar-refractivity contribution in [1.29, 1.82) is 5.26 Å². The summed E-state index contributed by atoms with van der Waals surface area (Å²) in [5, 5.41) is 12.2. The van der Waals surface area contributed by atoms with Crippen molar-refractivity contribution in [2.45, 2.75) is 18.9 Å². The Balaban J connectivity index is 1.59. The first-order valence-corrected chi connectivity index (χ1v) is 9.72. The molecule has 2 aromatic rings. The van der Waals surface area contributed by atoms with Crippen LogP contribution in [0.3, 0.4) is 0 Å². The molecule has 150 valence electrons. The molecule has 1 fully saturated rings. The zero-order valence-electron chi connectivity index (χ0n) is 16.8. The zero-order chi connectivity index (χ0) is 20.6. The van der Waals surface area contributed by atoms with Crippen molar-refractivity contribution in [3.05, 3.63) is 66.4 Å². The number of amides is 1. The summed E-state index contributed by atoms with van der Waals surface area (Å²) in [6, 6.07) is 18.9. The van der Waals surface area contributed by atoms with Gasteiger partial charge in [-0.2, -0.15) is 5.26 Å². The SMILES string of the molecule is CN1CCC(N(C)/C=C(/C#N)C(=O)Nc2ccc(Oc3ccccc3)cc2)CC1. The van der Waals surface area contributed by atoms with Crippen molar-refractivity contribution in [2.75, 3.05) is 32.5 Å². The van der Waals surface area contributed by atoms with Gasteiger partial charge in [-0.3, -0.25) is 4.79 Å². The lowest BCUT2D eigenvalue weighted by Crippen LogP contribution is -2.40. The van der Waals surface area contributed by atoms with Crippen LogP contribution in [0, 0.1) is 11.3 Å². The van der Waals surface area contributed by atoms with Crippen LogP contribution in [0.4, 0.5) is 5.69 Å². The molecule has 0 unspecified atom stereocenters. The molecule has 0 spiro atoms. The summed E-state index contributed by atoms with van der Waals surface area (Å²) >= 11 is 0. The molecule has 0 bridgehead atoms. The summed E-state index contributed by atoms with van der Waals surface area (Å²) in [5.74, 6) is 1.01. The van der Waals surface area contributed by atoms with Gasteiger partial charge in [-0.25, -0.2) is 0 Å². The fourth-order valence-corrected chi connectivity index (χ4v) is 3.28. The highest BCUT2D eigenvalue weighted by Gasteiger charge is 2.20. The molecule has 0 aliphatic carbocycles. The Labute approximate surface area is 172 Å². The van der Waals surface area contributed by atoms with Crippen LogP contribution < -0.4 is 10.1 Å². The third-order valence-electron chi connectivity index (χ3n) is 5.05. The van der Waals surface area contributed by atoms with E-state index in [0.29, 0.717) is 17.5 Å². The van der Waals surface area contributed by atoms with Crippen molar-refractivity contribution in [3.63, 3.8) is 0 Å². The smallest absolute Gasteiger partial charge is 0.267 e. The predicted molar refractivity (Wildman–Crippen MR) is 114 cm³/mol. The number of nitrogens with one attached hydrogen (secondary N) is 1. The lowest BCUT2D eigenvalue weighted by molar-refractivity contribution is -0.112. The molecule has 0 aromatic heterocycles. The standard InChI is InChI=1S/C23H26N4O2/c1-26-14-12-20(13-15-26)27(2)17-18(16-24)23(28)25-19-8-10-22(11-9-19)29-21-6-4-3-5-7-21/h3-11,17,20H,12-15H2,1-2H3,(H,25,28)/b18-17-. The second-order valence-electron chi connectivity index (χ2n) is 7.25. The fourth-order valence-electron chi connectivity index (χ4n) is 3.28. The number of carbonyl (C=O) groups is 1. The van der Waals surface area contributed by atoms with Gasteiger partial charge in [-0.15, -0.1) is 0 Å². The third kappa shape index (κ3) is 5.84. The summed E-state index contributed by atoms with van der Waals surface area (Å²) in [6.07, 6.45) is 3.69. The highest BCUT2D eigenvalue weighted by atomic mass is 16.5. The summed E-state index contributed by atoms with van der Waals surface area (Å²) < 4.78 is 5.75. The molecule has 6 heteroatoms. The van der Waals surface area contributed by atoms with Gasteiger partial charge in [0.05, 0.1) is 0 Å². The Bertz CT molecular complexity index is 879. The van der Waals surface area contributed by atoms with Gasteiger partial charge in [-0.05, 0) is 69.4 Å². The maximum atomic E-state index is 12.5. The molecule has 6 nitrogen and oxygen atoms in total. The largest absolute Gasteiger partial charge is 0.457 e. The molecule has 0 atom stereocenters. The number of ether oxygens (including phenoxy) is 1. The van der Waals surface area contributed by atoms with E-state index in [-0.39, 0.29) is 5.57 Å². The van der Waals surface area contributed by atoms with E-state index in [9.17, 15) is 10.1 Å². The fraction of sp³-hybridized carbons (Fsp3) is 0.304. The van der Waals surface area contributed by atoms with Crippen LogP contribution in [0.15, 0.2) is 66.4 Å². The third-order valence-corrected chi connectivity index (χ3v) is 5.05. The lowest BCUT2D eigenvalue weighted by atomic mass is 10.0. The number of nitrogens with zero attached hydrogens (tertiary/aromatic N) is 3. The first-order valence-electron chi connectivity index (χ1n) is 9.72. The van der Waals surface area contributed by atoms with Gasteiger partial charge in [0.15, 0.2) is 0 Å². The van der Waals surface area contributed by atoms with E-state index in [1.165, 1.54) is 0 Å². The Morgan fingerprint density at radius 3 is 2.38 bits per heavy atom. The summed E-state index contributed by atoms with van der Waals surface area (Å²) in [7, 11) is 4.03. The number of piperidine rings is 1. The van der Waals surface area contributed by atoms with E-state index < -0.39 is 5.91 Å². The molecule has 2 aromatic carbocycles. The van der Waals surface area contributed by atoms with Crippen molar-refractivity contribution >= 4 is 11.6 Å². The van der Waals surface area contributed by atoms with E-state index >= 15 is 0 Å². The van der Waals surface area contributed by atoms with Gasteiger partial charge in [0.1, 0.15) is 23.1 Å². The molecule has 1 N–H and O–H groups in total. The van der Waals surface area contributed by atoms with Gasteiger partial charge >= 0.3 is 0 Å². The van der Waals surface area contributed by atoms with E-state index in [4.69, 9.17) is 4.74 Å². The molecule has 0 saturated carbocycles. The molecule has 1 aliphatic rings. The second kappa shape index (κ2) is 9.76. The van der Waals surface area contributed by atoms with Gasteiger partial charge < -0.3 is 19.9 Å². The molecule has 1 aliphatic heterocycles. The maximum absolute atomic E-state index is 12.5. The maximum Gasteiger partial charge on any atom is 0.267 e. The minimum atomic E-state index is -0.413.